The van der Waals surface area contributed by atoms with E-state index in [1.54, 1.807) is 12.1 Å². The average Bonchev–Trinajstić information content (AvgIpc) is 3.11. The quantitative estimate of drug-likeness (QED) is 0.324. The Morgan fingerprint density at radius 1 is 1.19 bits per heavy atom. The Balaban J connectivity index is 0.00000243. The van der Waals surface area contributed by atoms with Crippen LogP contribution < -0.4 is 16.0 Å². The maximum absolute atomic E-state index is 12.0. The van der Waals surface area contributed by atoms with Crippen molar-refractivity contribution in [3.63, 3.8) is 0 Å². The van der Waals surface area contributed by atoms with Gasteiger partial charge in [-0.2, -0.15) is 11.8 Å². The predicted molar refractivity (Wildman–Crippen MR) is 102 cm³/mol. The number of carboxylic acid groups (broad SMARTS) is 1. The largest absolute Gasteiger partial charge is 0.478 e. The molecular weight excluding hydrogens is 365 g/mol. The maximum atomic E-state index is 12.0. The Labute approximate surface area is 178 Å². The summed E-state index contributed by atoms with van der Waals surface area (Å²) in [5.41, 5.74) is 0.794. The van der Waals surface area contributed by atoms with E-state index in [9.17, 15) is 14.4 Å². The number of thioether (sulfide) groups is 1. The fourth-order valence-electron chi connectivity index (χ4n) is 3.19. The molecule has 0 unspecified atom stereocenters. The van der Waals surface area contributed by atoms with Gasteiger partial charge in [-0.15, -0.1) is 0 Å². The predicted octanol–water partition coefficient (Wildman–Crippen LogP) is 1.67. The molecule has 0 aromatic heterocycles. The van der Waals surface area contributed by atoms with E-state index < -0.39 is 5.97 Å². The third-order valence-corrected chi connectivity index (χ3v) is 6.00. The van der Waals surface area contributed by atoms with Crippen LogP contribution >= 0.6 is 11.8 Å². The second kappa shape index (κ2) is 9.64. The number of nitrogens with one attached hydrogen (secondary N) is 3. The molecule has 2 fully saturated rings. The summed E-state index contributed by atoms with van der Waals surface area (Å²) in [5.74, 6) is -0.115. The molecule has 1 aromatic rings. The van der Waals surface area contributed by atoms with Crippen molar-refractivity contribution in [3.8, 4) is 0 Å². The number of amides is 3. The minimum Gasteiger partial charge on any atom is -0.478 e. The van der Waals surface area contributed by atoms with Crippen molar-refractivity contribution in [1.29, 1.82) is 0 Å². The van der Waals surface area contributed by atoms with Gasteiger partial charge in [-0.3, -0.25) is 4.79 Å². The molecule has 2 heterocycles. The van der Waals surface area contributed by atoms with Crippen LogP contribution in [0.2, 0.25) is 0 Å². The Morgan fingerprint density at radius 2 is 1.92 bits per heavy atom. The van der Waals surface area contributed by atoms with Crippen LogP contribution in [0.4, 0.5) is 10.5 Å². The third-order valence-electron chi connectivity index (χ3n) is 4.50. The second-order valence-electron chi connectivity index (χ2n) is 6.30. The number of hydrogen-bond donors (Lipinski definition) is 4. The Hall–Kier alpha value is -1.22. The summed E-state index contributed by atoms with van der Waals surface area (Å²) in [6.45, 7) is 0. The standard InChI is InChI=1S/C17H21N3O4S.Na/c21-14(18-11-7-5-10(6-8-11)16(22)23)4-2-1-3-13-15-12(9-25-13)19-17(24)20-15;/h5-8,12-13,15H,1-4,9H2,(H,18,21)(H,22,23)(H2,19,20,24);/t12-,13-,15-;/m0./s1. The number of benzene rings is 1. The summed E-state index contributed by atoms with van der Waals surface area (Å²) >= 11 is 1.88. The number of unbranched alkanes of at least 4 members (excludes halogenated alkanes) is 1. The summed E-state index contributed by atoms with van der Waals surface area (Å²) in [4.78, 5) is 34.1. The van der Waals surface area contributed by atoms with Gasteiger partial charge in [0.25, 0.3) is 0 Å². The summed E-state index contributed by atoms with van der Waals surface area (Å²) < 4.78 is 0. The molecule has 3 amide bonds. The Morgan fingerprint density at radius 3 is 2.62 bits per heavy atom. The van der Waals surface area contributed by atoms with Gasteiger partial charge < -0.3 is 21.1 Å². The van der Waals surface area contributed by atoms with Crippen LogP contribution in [0.3, 0.4) is 0 Å². The normalized spacial score (nSPS) is 23.4. The van der Waals surface area contributed by atoms with Crippen molar-refractivity contribution >= 4 is 64.9 Å². The zero-order valence-electron chi connectivity index (χ0n) is 14.7. The molecule has 9 heteroatoms. The van der Waals surface area contributed by atoms with Gasteiger partial charge >= 0.3 is 12.0 Å². The number of carbonyl (C=O) groups is 3. The van der Waals surface area contributed by atoms with Crippen LogP contribution in [0.5, 0.6) is 0 Å². The molecule has 0 spiro atoms. The van der Waals surface area contributed by atoms with E-state index in [0.717, 1.165) is 25.0 Å². The van der Waals surface area contributed by atoms with Gasteiger partial charge in [-0.25, -0.2) is 9.59 Å². The Bertz CT molecular complexity index is 670. The van der Waals surface area contributed by atoms with E-state index in [1.807, 2.05) is 11.8 Å². The first-order valence-electron chi connectivity index (χ1n) is 8.35. The van der Waals surface area contributed by atoms with E-state index >= 15 is 0 Å². The molecule has 4 N–H and O–H groups in total. The SMILES string of the molecule is O=C(CCCC[C@@H]1SC[C@@H]2NC(=O)N[C@@H]21)Nc1ccc(C(=O)O)cc1.[Na]. The summed E-state index contributed by atoms with van der Waals surface area (Å²) in [7, 11) is 0. The first kappa shape index (κ1) is 21.1. The fraction of sp³-hybridized carbons (Fsp3) is 0.471. The molecule has 135 valence electrons. The van der Waals surface area contributed by atoms with E-state index in [2.05, 4.69) is 16.0 Å². The molecule has 2 aliphatic rings. The topological polar surface area (TPSA) is 108 Å². The zero-order valence-corrected chi connectivity index (χ0v) is 17.5. The number of fused-ring (bicyclic) bond motifs is 1. The van der Waals surface area contributed by atoms with Gasteiger partial charge in [0.2, 0.25) is 5.91 Å². The number of aromatic carboxylic acids is 1. The summed E-state index contributed by atoms with van der Waals surface area (Å²) in [6, 6.07) is 6.48. The van der Waals surface area contributed by atoms with Crippen LogP contribution in [-0.2, 0) is 4.79 Å². The molecule has 3 rings (SSSR count). The number of hydrogen-bond acceptors (Lipinski definition) is 4. The van der Waals surface area contributed by atoms with Crippen LogP contribution in [0.25, 0.3) is 0 Å². The first-order valence-corrected chi connectivity index (χ1v) is 9.39. The smallest absolute Gasteiger partial charge is 0.335 e. The second-order valence-corrected chi connectivity index (χ2v) is 7.57. The first-order chi connectivity index (χ1) is 12.0. The van der Waals surface area contributed by atoms with E-state index in [0.29, 0.717) is 17.4 Å². The Kier molecular flexibility index (Phi) is 7.82. The van der Waals surface area contributed by atoms with Crippen molar-refractivity contribution in [2.45, 2.75) is 43.0 Å². The van der Waals surface area contributed by atoms with E-state index in [4.69, 9.17) is 5.11 Å². The molecule has 2 aliphatic heterocycles. The van der Waals surface area contributed by atoms with Gasteiger partial charge in [0.05, 0.1) is 17.6 Å². The summed E-state index contributed by atoms with van der Waals surface area (Å²) in [6.07, 6.45) is 3.13. The molecular formula is C17H21N3NaO4S. The number of carboxylic acids is 1. The van der Waals surface area contributed by atoms with Crippen LogP contribution in [0.15, 0.2) is 24.3 Å². The zero-order chi connectivity index (χ0) is 17.8. The molecule has 1 aromatic carbocycles. The van der Waals surface area contributed by atoms with Crippen molar-refractivity contribution in [3.05, 3.63) is 29.8 Å². The fourth-order valence-corrected chi connectivity index (χ4v) is 4.74. The van der Waals surface area contributed by atoms with Crippen molar-refractivity contribution in [1.82, 2.24) is 10.6 Å². The molecule has 0 aliphatic carbocycles. The number of carbonyl (C=O) groups excluding carboxylic acids is 2. The van der Waals surface area contributed by atoms with Gasteiger partial charge in [0.1, 0.15) is 0 Å². The number of anilines is 1. The van der Waals surface area contributed by atoms with Gasteiger partial charge in [0, 0.05) is 52.7 Å². The monoisotopic (exact) mass is 386 g/mol. The van der Waals surface area contributed by atoms with E-state index in [1.165, 1.54) is 12.1 Å². The molecule has 26 heavy (non-hydrogen) atoms. The molecule has 7 nitrogen and oxygen atoms in total. The molecule has 0 saturated carbocycles. The number of rotatable bonds is 7. The van der Waals surface area contributed by atoms with Crippen molar-refractivity contribution in [2.24, 2.45) is 0 Å². The molecule has 1 radical (unpaired) electrons. The molecule has 3 atom stereocenters. The maximum Gasteiger partial charge on any atom is 0.335 e. The molecule has 2 saturated heterocycles. The minimum absolute atomic E-state index is 0. The van der Waals surface area contributed by atoms with Gasteiger partial charge in [-0.05, 0) is 37.1 Å². The summed E-state index contributed by atoms with van der Waals surface area (Å²) in [5, 5.41) is 17.9. The van der Waals surface area contributed by atoms with Crippen molar-refractivity contribution < 1.29 is 19.5 Å². The third kappa shape index (κ3) is 5.39. The van der Waals surface area contributed by atoms with Crippen LogP contribution in [-0.4, -0.2) is 75.7 Å². The van der Waals surface area contributed by atoms with Gasteiger partial charge in [-0.1, -0.05) is 6.42 Å². The van der Waals surface area contributed by atoms with Crippen LogP contribution in [0, 0.1) is 0 Å². The van der Waals surface area contributed by atoms with Crippen LogP contribution in [0.1, 0.15) is 36.0 Å². The molecule has 0 bridgehead atoms. The van der Waals surface area contributed by atoms with Crippen molar-refractivity contribution in [2.75, 3.05) is 11.1 Å². The van der Waals surface area contributed by atoms with E-state index in [-0.39, 0.29) is 59.1 Å². The number of urea groups is 1. The minimum atomic E-state index is -0.987. The average molecular weight is 386 g/mol. The van der Waals surface area contributed by atoms with Gasteiger partial charge in [0.15, 0.2) is 0 Å².